The van der Waals surface area contributed by atoms with Gasteiger partial charge in [0.2, 0.25) is 0 Å². The SMILES string of the molecule is COc1cc(OC)cc(C(=O)NOCC(C)C)c1. The molecule has 0 aliphatic heterocycles. The van der Waals surface area contributed by atoms with Crippen LogP contribution in [0.3, 0.4) is 0 Å². The van der Waals surface area contributed by atoms with E-state index >= 15 is 0 Å². The Kier molecular flexibility index (Phi) is 5.45. The molecule has 0 aliphatic rings. The van der Waals surface area contributed by atoms with Gasteiger partial charge in [0.25, 0.3) is 5.91 Å². The second-order valence-corrected chi connectivity index (χ2v) is 4.24. The minimum Gasteiger partial charge on any atom is -0.497 e. The first kappa shape index (κ1) is 14.3. The Labute approximate surface area is 107 Å². The first-order valence-corrected chi connectivity index (χ1v) is 5.72. The molecule has 0 atom stereocenters. The lowest BCUT2D eigenvalue weighted by Gasteiger charge is -2.10. The van der Waals surface area contributed by atoms with Crippen LogP contribution in [0.4, 0.5) is 0 Å². The summed E-state index contributed by atoms with van der Waals surface area (Å²) >= 11 is 0. The van der Waals surface area contributed by atoms with Gasteiger partial charge in [-0.2, -0.15) is 0 Å². The molecule has 0 saturated carbocycles. The number of benzene rings is 1. The van der Waals surface area contributed by atoms with Gasteiger partial charge in [-0.15, -0.1) is 0 Å². The monoisotopic (exact) mass is 253 g/mol. The zero-order valence-corrected chi connectivity index (χ0v) is 11.1. The number of nitrogens with one attached hydrogen (secondary N) is 1. The van der Waals surface area contributed by atoms with Crippen LogP contribution in [0.2, 0.25) is 0 Å². The molecule has 0 aromatic heterocycles. The van der Waals surface area contributed by atoms with Gasteiger partial charge in [0.05, 0.1) is 20.8 Å². The molecule has 0 bridgehead atoms. The van der Waals surface area contributed by atoms with E-state index in [4.69, 9.17) is 14.3 Å². The van der Waals surface area contributed by atoms with Gasteiger partial charge >= 0.3 is 0 Å². The van der Waals surface area contributed by atoms with Gasteiger partial charge in [-0.1, -0.05) is 13.8 Å². The summed E-state index contributed by atoms with van der Waals surface area (Å²) < 4.78 is 10.2. The molecule has 0 saturated heterocycles. The predicted octanol–water partition coefficient (Wildman–Crippen LogP) is 2.02. The van der Waals surface area contributed by atoms with E-state index in [0.29, 0.717) is 29.6 Å². The van der Waals surface area contributed by atoms with Crippen LogP contribution in [0.15, 0.2) is 18.2 Å². The number of carbonyl (C=O) groups is 1. The van der Waals surface area contributed by atoms with Crippen molar-refractivity contribution in [3.63, 3.8) is 0 Å². The average Bonchev–Trinajstić information content (AvgIpc) is 2.37. The van der Waals surface area contributed by atoms with Crippen molar-refractivity contribution in [3.05, 3.63) is 23.8 Å². The number of hydroxylamine groups is 1. The molecule has 0 spiro atoms. The van der Waals surface area contributed by atoms with Crippen LogP contribution >= 0.6 is 0 Å². The molecule has 0 radical (unpaired) electrons. The molecular weight excluding hydrogens is 234 g/mol. The molecule has 0 fully saturated rings. The lowest BCUT2D eigenvalue weighted by Crippen LogP contribution is -2.25. The maximum atomic E-state index is 11.8. The highest BCUT2D eigenvalue weighted by Crippen LogP contribution is 2.22. The molecule has 1 amide bonds. The fourth-order valence-electron chi connectivity index (χ4n) is 1.27. The van der Waals surface area contributed by atoms with Crippen LogP contribution in [0.5, 0.6) is 11.5 Å². The van der Waals surface area contributed by atoms with Crippen molar-refractivity contribution in [2.75, 3.05) is 20.8 Å². The Morgan fingerprint density at radius 1 is 1.17 bits per heavy atom. The van der Waals surface area contributed by atoms with Gasteiger partial charge in [0.1, 0.15) is 11.5 Å². The summed E-state index contributed by atoms with van der Waals surface area (Å²) in [6.07, 6.45) is 0. The van der Waals surface area contributed by atoms with Gasteiger partial charge in [-0.25, -0.2) is 5.48 Å². The third-order valence-electron chi connectivity index (χ3n) is 2.20. The molecule has 100 valence electrons. The number of methoxy groups -OCH3 is 2. The average molecular weight is 253 g/mol. The maximum absolute atomic E-state index is 11.8. The third-order valence-corrected chi connectivity index (χ3v) is 2.20. The summed E-state index contributed by atoms with van der Waals surface area (Å²) in [4.78, 5) is 16.9. The number of carbonyl (C=O) groups excluding carboxylic acids is 1. The molecule has 1 rings (SSSR count). The van der Waals surface area contributed by atoms with Crippen molar-refractivity contribution in [1.29, 1.82) is 0 Å². The quantitative estimate of drug-likeness (QED) is 0.788. The number of rotatable bonds is 6. The fourth-order valence-corrected chi connectivity index (χ4v) is 1.27. The number of hydrogen-bond donors (Lipinski definition) is 1. The van der Waals surface area contributed by atoms with E-state index in [1.165, 1.54) is 14.2 Å². The van der Waals surface area contributed by atoms with Crippen LogP contribution in [0, 0.1) is 5.92 Å². The molecule has 1 aromatic carbocycles. The largest absolute Gasteiger partial charge is 0.497 e. The summed E-state index contributed by atoms with van der Waals surface area (Å²) in [5.74, 6) is 1.14. The zero-order valence-electron chi connectivity index (χ0n) is 11.1. The second kappa shape index (κ2) is 6.86. The molecule has 1 N–H and O–H groups in total. The number of ether oxygens (including phenoxy) is 2. The van der Waals surface area contributed by atoms with E-state index in [1.54, 1.807) is 18.2 Å². The molecule has 5 nitrogen and oxygen atoms in total. The Balaban J connectivity index is 2.72. The van der Waals surface area contributed by atoms with Crippen molar-refractivity contribution in [1.82, 2.24) is 5.48 Å². The summed E-state index contributed by atoms with van der Waals surface area (Å²) in [6, 6.07) is 4.94. The fraction of sp³-hybridized carbons (Fsp3) is 0.462. The smallest absolute Gasteiger partial charge is 0.275 e. The molecule has 18 heavy (non-hydrogen) atoms. The second-order valence-electron chi connectivity index (χ2n) is 4.24. The predicted molar refractivity (Wildman–Crippen MR) is 67.8 cm³/mol. The molecule has 0 aliphatic carbocycles. The number of hydrogen-bond acceptors (Lipinski definition) is 4. The van der Waals surface area contributed by atoms with E-state index in [2.05, 4.69) is 5.48 Å². The van der Waals surface area contributed by atoms with Crippen molar-refractivity contribution in [3.8, 4) is 11.5 Å². The van der Waals surface area contributed by atoms with Gasteiger partial charge in [0, 0.05) is 11.6 Å². The van der Waals surface area contributed by atoms with E-state index < -0.39 is 0 Å². The standard InChI is InChI=1S/C13H19NO4/c1-9(2)8-18-14-13(15)10-5-11(16-3)7-12(6-10)17-4/h5-7,9H,8H2,1-4H3,(H,14,15). The summed E-state index contributed by atoms with van der Waals surface area (Å²) in [5.41, 5.74) is 2.81. The van der Waals surface area contributed by atoms with Gasteiger partial charge < -0.3 is 9.47 Å². The molecule has 5 heteroatoms. The van der Waals surface area contributed by atoms with E-state index in [0.717, 1.165) is 0 Å². The highest BCUT2D eigenvalue weighted by Gasteiger charge is 2.10. The molecule has 0 unspecified atom stereocenters. The van der Waals surface area contributed by atoms with Crippen LogP contribution in [0.1, 0.15) is 24.2 Å². The van der Waals surface area contributed by atoms with Crippen LogP contribution in [-0.2, 0) is 4.84 Å². The molecule has 0 heterocycles. The van der Waals surface area contributed by atoms with Crippen molar-refractivity contribution < 1.29 is 19.1 Å². The maximum Gasteiger partial charge on any atom is 0.275 e. The Hall–Kier alpha value is -1.75. The highest BCUT2D eigenvalue weighted by atomic mass is 16.6. The van der Waals surface area contributed by atoms with E-state index in [9.17, 15) is 4.79 Å². The van der Waals surface area contributed by atoms with Crippen LogP contribution in [0.25, 0.3) is 0 Å². The highest BCUT2D eigenvalue weighted by molar-refractivity contribution is 5.94. The Bertz CT molecular complexity index is 382. The third kappa shape index (κ3) is 4.25. The van der Waals surface area contributed by atoms with E-state index in [1.807, 2.05) is 13.8 Å². The normalized spacial score (nSPS) is 10.3. The van der Waals surface area contributed by atoms with Crippen LogP contribution in [-0.4, -0.2) is 26.7 Å². The minimum atomic E-state index is -0.326. The Morgan fingerprint density at radius 2 is 1.72 bits per heavy atom. The lowest BCUT2D eigenvalue weighted by atomic mass is 10.2. The van der Waals surface area contributed by atoms with E-state index in [-0.39, 0.29) is 5.91 Å². The zero-order chi connectivity index (χ0) is 13.5. The number of amides is 1. The van der Waals surface area contributed by atoms with Crippen molar-refractivity contribution in [2.24, 2.45) is 5.92 Å². The van der Waals surface area contributed by atoms with Gasteiger partial charge in [-0.3, -0.25) is 9.63 Å². The summed E-state index contributed by atoms with van der Waals surface area (Å²) in [7, 11) is 3.07. The molecule has 1 aromatic rings. The lowest BCUT2D eigenvalue weighted by molar-refractivity contribution is 0.0208. The van der Waals surface area contributed by atoms with Crippen molar-refractivity contribution in [2.45, 2.75) is 13.8 Å². The topological polar surface area (TPSA) is 56.8 Å². The van der Waals surface area contributed by atoms with Crippen LogP contribution < -0.4 is 15.0 Å². The minimum absolute atomic E-state index is 0.326. The van der Waals surface area contributed by atoms with Crippen molar-refractivity contribution >= 4 is 5.91 Å². The summed E-state index contributed by atoms with van der Waals surface area (Å²) in [5, 5.41) is 0. The summed E-state index contributed by atoms with van der Waals surface area (Å²) in [6.45, 7) is 4.47. The van der Waals surface area contributed by atoms with Gasteiger partial charge in [-0.05, 0) is 18.1 Å². The van der Waals surface area contributed by atoms with Gasteiger partial charge in [0.15, 0.2) is 0 Å². The Morgan fingerprint density at radius 3 is 2.17 bits per heavy atom. The molecular formula is C13H19NO4. The first-order valence-electron chi connectivity index (χ1n) is 5.72. The first-order chi connectivity index (χ1) is 8.56.